The van der Waals surface area contributed by atoms with E-state index in [2.05, 4.69) is 20.4 Å². The first kappa shape index (κ1) is 19.1. The van der Waals surface area contributed by atoms with Gasteiger partial charge in [0, 0.05) is 32.2 Å². The Labute approximate surface area is 159 Å². The number of aryl methyl sites for hydroxylation is 2. The van der Waals surface area contributed by atoms with Gasteiger partial charge in [-0.2, -0.15) is 10.2 Å². The van der Waals surface area contributed by atoms with E-state index in [0.717, 1.165) is 37.3 Å². The first-order valence-electron chi connectivity index (χ1n) is 9.52. The highest BCUT2D eigenvalue weighted by atomic mass is 16.2. The smallest absolute Gasteiger partial charge is 0.269 e. The Morgan fingerprint density at radius 1 is 1.30 bits per heavy atom. The SMILES string of the molecule is Cc1cc(C(=O)NCC2CCCCN2c2ccc(=O)n(C(C)C)n2)n(C)n1. The van der Waals surface area contributed by atoms with Crippen molar-refractivity contribution in [1.82, 2.24) is 24.9 Å². The Bertz CT molecular complexity index is 869. The van der Waals surface area contributed by atoms with Gasteiger partial charge in [-0.05, 0) is 52.2 Å². The predicted molar refractivity (Wildman–Crippen MR) is 104 cm³/mol. The number of hydrogen-bond acceptors (Lipinski definition) is 5. The number of amides is 1. The van der Waals surface area contributed by atoms with E-state index >= 15 is 0 Å². The zero-order chi connectivity index (χ0) is 19.6. The zero-order valence-corrected chi connectivity index (χ0v) is 16.5. The van der Waals surface area contributed by atoms with E-state index in [9.17, 15) is 9.59 Å². The van der Waals surface area contributed by atoms with Gasteiger partial charge in [-0.1, -0.05) is 0 Å². The van der Waals surface area contributed by atoms with Gasteiger partial charge in [-0.3, -0.25) is 14.3 Å². The van der Waals surface area contributed by atoms with Gasteiger partial charge in [0.15, 0.2) is 0 Å². The van der Waals surface area contributed by atoms with Crippen LogP contribution in [0.4, 0.5) is 5.82 Å². The van der Waals surface area contributed by atoms with Gasteiger partial charge in [0.1, 0.15) is 11.5 Å². The fourth-order valence-corrected chi connectivity index (χ4v) is 3.58. The average Bonchev–Trinajstić information content (AvgIpc) is 2.98. The molecule has 3 rings (SSSR count). The van der Waals surface area contributed by atoms with Crippen LogP contribution in [0, 0.1) is 6.92 Å². The highest BCUT2D eigenvalue weighted by molar-refractivity contribution is 5.92. The third-order valence-corrected chi connectivity index (χ3v) is 4.95. The molecule has 1 saturated heterocycles. The van der Waals surface area contributed by atoms with Gasteiger partial charge >= 0.3 is 0 Å². The number of carbonyl (C=O) groups excluding carboxylic acids is 1. The summed E-state index contributed by atoms with van der Waals surface area (Å²) >= 11 is 0. The molecule has 1 fully saturated rings. The lowest BCUT2D eigenvalue weighted by atomic mass is 10.0. The van der Waals surface area contributed by atoms with Crippen LogP contribution in [0.25, 0.3) is 0 Å². The summed E-state index contributed by atoms with van der Waals surface area (Å²) in [6, 6.07) is 5.31. The minimum atomic E-state index is -0.122. The van der Waals surface area contributed by atoms with Crippen LogP contribution in [0.3, 0.4) is 0 Å². The lowest BCUT2D eigenvalue weighted by Gasteiger charge is -2.36. The Morgan fingerprint density at radius 2 is 2.07 bits per heavy atom. The van der Waals surface area contributed by atoms with E-state index in [0.29, 0.717) is 12.2 Å². The van der Waals surface area contributed by atoms with Crippen molar-refractivity contribution in [3.63, 3.8) is 0 Å². The molecule has 1 N–H and O–H groups in total. The molecule has 1 amide bonds. The van der Waals surface area contributed by atoms with Crippen LogP contribution in [0.1, 0.15) is 55.3 Å². The molecule has 8 heteroatoms. The van der Waals surface area contributed by atoms with Crippen molar-refractivity contribution in [2.75, 3.05) is 18.0 Å². The molecule has 0 radical (unpaired) electrons. The summed E-state index contributed by atoms with van der Waals surface area (Å²) in [6.07, 6.45) is 3.17. The largest absolute Gasteiger partial charge is 0.350 e. The van der Waals surface area contributed by atoms with E-state index in [4.69, 9.17) is 0 Å². The molecule has 2 aromatic heterocycles. The number of nitrogens with one attached hydrogen (secondary N) is 1. The fourth-order valence-electron chi connectivity index (χ4n) is 3.58. The molecule has 8 nitrogen and oxygen atoms in total. The molecule has 2 aromatic rings. The van der Waals surface area contributed by atoms with E-state index in [1.54, 1.807) is 29.9 Å². The van der Waals surface area contributed by atoms with E-state index in [1.165, 1.54) is 4.68 Å². The van der Waals surface area contributed by atoms with Crippen molar-refractivity contribution in [3.8, 4) is 0 Å². The van der Waals surface area contributed by atoms with Crippen molar-refractivity contribution in [1.29, 1.82) is 0 Å². The summed E-state index contributed by atoms with van der Waals surface area (Å²) in [5, 5.41) is 11.8. The van der Waals surface area contributed by atoms with Gasteiger partial charge < -0.3 is 10.2 Å². The number of carbonyl (C=O) groups is 1. The number of nitrogens with zero attached hydrogens (tertiary/aromatic N) is 5. The van der Waals surface area contributed by atoms with Gasteiger partial charge in [0.25, 0.3) is 11.5 Å². The molecule has 0 aliphatic carbocycles. The third-order valence-electron chi connectivity index (χ3n) is 4.95. The monoisotopic (exact) mass is 372 g/mol. The minimum Gasteiger partial charge on any atom is -0.350 e. The quantitative estimate of drug-likeness (QED) is 0.863. The Hall–Kier alpha value is -2.64. The van der Waals surface area contributed by atoms with Gasteiger partial charge in [0.05, 0.1) is 11.7 Å². The van der Waals surface area contributed by atoms with Crippen molar-refractivity contribution in [2.45, 2.75) is 52.1 Å². The lowest BCUT2D eigenvalue weighted by molar-refractivity contribution is 0.0940. The molecule has 1 aliphatic rings. The number of rotatable bonds is 5. The molecule has 3 heterocycles. The summed E-state index contributed by atoms with van der Waals surface area (Å²) in [4.78, 5) is 26.7. The molecule has 0 saturated carbocycles. The van der Waals surface area contributed by atoms with Crippen LogP contribution in [0.5, 0.6) is 0 Å². The van der Waals surface area contributed by atoms with Crippen LogP contribution in [-0.2, 0) is 7.05 Å². The molecule has 146 valence electrons. The van der Waals surface area contributed by atoms with Crippen LogP contribution >= 0.6 is 0 Å². The molecule has 0 bridgehead atoms. The summed E-state index contributed by atoms with van der Waals surface area (Å²) < 4.78 is 3.11. The normalized spacial score (nSPS) is 17.4. The molecule has 27 heavy (non-hydrogen) atoms. The standard InChI is InChI=1S/C19H28N6O2/c1-13(2)25-18(26)9-8-17(22-25)24-10-6-5-7-15(24)12-20-19(27)16-11-14(3)21-23(16)4/h8-9,11,13,15H,5-7,10,12H2,1-4H3,(H,20,27). The van der Waals surface area contributed by atoms with Crippen molar-refractivity contribution in [3.05, 3.63) is 39.9 Å². The van der Waals surface area contributed by atoms with Crippen LogP contribution in [-0.4, -0.2) is 44.6 Å². The second-order valence-corrected chi connectivity index (χ2v) is 7.42. The maximum Gasteiger partial charge on any atom is 0.269 e. The highest BCUT2D eigenvalue weighted by Crippen LogP contribution is 2.22. The zero-order valence-electron chi connectivity index (χ0n) is 16.5. The van der Waals surface area contributed by atoms with Gasteiger partial charge in [-0.25, -0.2) is 4.68 Å². The first-order valence-corrected chi connectivity index (χ1v) is 9.52. The van der Waals surface area contributed by atoms with Crippen molar-refractivity contribution >= 4 is 11.7 Å². The molecule has 1 atom stereocenters. The maximum atomic E-state index is 12.5. The van der Waals surface area contributed by atoms with E-state index in [1.807, 2.05) is 20.8 Å². The third kappa shape index (κ3) is 4.20. The summed E-state index contributed by atoms with van der Waals surface area (Å²) in [7, 11) is 1.77. The molecule has 0 spiro atoms. The van der Waals surface area contributed by atoms with Crippen molar-refractivity contribution in [2.24, 2.45) is 7.05 Å². The van der Waals surface area contributed by atoms with E-state index in [-0.39, 0.29) is 23.6 Å². The molecule has 1 unspecified atom stereocenters. The van der Waals surface area contributed by atoms with Gasteiger partial charge in [0.2, 0.25) is 0 Å². The predicted octanol–water partition coefficient (Wildman–Crippen LogP) is 1.66. The Balaban J connectivity index is 1.74. The van der Waals surface area contributed by atoms with Crippen LogP contribution in [0.15, 0.2) is 23.0 Å². The molecule has 1 aliphatic heterocycles. The topological polar surface area (TPSA) is 85.0 Å². The second-order valence-electron chi connectivity index (χ2n) is 7.42. The molecular weight excluding hydrogens is 344 g/mol. The summed E-state index contributed by atoms with van der Waals surface area (Å²) in [5.41, 5.74) is 1.28. The fraction of sp³-hybridized carbons (Fsp3) is 0.579. The van der Waals surface area contributed by atoms with Crippen molar-refractivity contribution < 1.29 is 4.79 Å². The molecular formula is C19H28N6O2. The second kappa shape index (κ2) is 7.94. The lowest BCUT2D eigenvalue weighted by Crippen LogP contribution is -2.48. The Kier molecular flexibility index (Phi) is 5.62. The van der Waals surface area contributed by atoms with Gasteiger partial charge in [-0.15, -0.1) is 0 Å². The number of aromatic nitrogens is 4. The summed E-state index contributed by atoms with van der Waals surface area (Å²) in [5.74, 6) is 0.669. The Morgan fingerprint density at radius 3 is 2.74 bits per heavy atom. The average molecular weight is 372 g/mol. The van der Waals surface area contributed by atoms with E-state index < -0.39 is 0 Å². The summed E-state index contributed by atoms with van der Waals surface area (Å²) in [6.45, 7) is 7.17. The van der Waals surface area contributed by atoms with Crippen LogP contribution in [0.2, 0.25) is 0 Å². The number of hydrogen-bond donors (Lipinski definition) is 1. The highest BCUT2D eigenvalue weighted by Gasteiger charge is 2.25. The first-order chi connectivity index (χ1) is 12.9. The molecule has 0 aromatic carbocycles. The number of anilines is 1. The minimum absolute atomic E-state index is 0.00785. The number of piperidine rings is 1. The van der Waals surface area contributed by atoms with Crippen LogP contribution < -0.4 is 15.8 Å². The maximum absolute atomic E-state index is 12.5.